The number of benzene rings is 2. The molecule has 1 saturated carbocycles. The predicted octanol–water partition coefficient (Wildman–Crippen LogP) is 4.40. The Labute approximate surface area is 155 Å². The average molecular weight is 363 g/mol. The van der Waals surface area contributed by atoms with Crippen LogP contribution < -0.4 is 10.3 Å². The van der Waals surface area contributed by atoms with Gasteiger partial charge in [0, 0.05) is 29.2 Å². The van der Waals surface area contributed by atoms with Crippen molar-refractivity contribution in [3.8, 4) is 0 Å². The normalized spacial score (nSPS) is 17.6. The van der Waals surface area contributed by atoms with Crippen LogP contribution in [0.3, 0.4) is 0 Å². The molecule has 136 valence electrons. The van der Waals surface area contributed by atoms with Crippen molar-refractivity contribution in [3.05, 3.63) is 75.9 Å². The van der Waals surface area contributed by atoms with Crippen LogP contribution >= 0.6 is 0 Å². The fraction of sp³-hybridized carbons (Fsp3) is 0.273. The number of hydrogen-bond donors (Lipinski definition) is 0. The van der Waals surface area contributed by atoms with Crippen molar-refractivity contribution in [2.45, 2.75) is 31.1 Å². The molecule has 0 atom stereocenters. The van der Waals surface area contributed by atoms with Gasteiger partial charge < -0.3 is 9.32 Å². The van der Waals surface area contributed by atoms with Gasteiger partial charge in [-0.15, -0.1) is 0 Å². The average Bonchev–Trinajstić information content (AvgIpc) is 3.27. The van der Waals surface area contributed by atoms with Gasteiger partial charge in [-0.3, -0.25) is 9.59 Å². The van der Waals surface area contributed by atoms with Crippen LogP contribution in [0.15, 0.2) is 57.9 Å². The molecule has 5 heteroatoms. The molecule has 2 aromatic carbocycles. The lowest BCUT2D eigenvalue weighted by Crippen LogP contribution is -2.35. The Morgan fingerprint density at radius 3 is 2.74 bits per heavy atom. The summed E-state index contributed by atoms with van der Waals surface area (Å²) < 4.78 is 20.1. The number of hydrogen-bond acceptors (Lipinski definition) is 3. The van der Waals surface area contributed by atoms with Crippen LogP contribution in [0.2, 0.25) is 0 Å². The number of carbonyl (C=O) groups excluding carboxylic acids is 1. The van der Waals surface area contributed by atoms with Gasteiger partial charge in [0.1, 0.15) is 11.4 Å². The maximum absolute atomic E-state index is 14.7. The van der Waals surface area contributed by atoms with Gasteiger partial charge in [-0.05, 0) is 43.2 Å². The second-order valence-corrected chi connectivity index (χ2v) is 7.51. The molecule has 0 N–H and O–H groups in total. The molecule has 1 aliphatic carbocycles. The number of halogens is 1. The summed E-state index contributed by atoms with van der Waals surface area (Å²) in [5.74, 6) is -0.423. The number of carbonyl (C=O) groups is 1. The van der Waals surface area contributed by atoms with E-state index in [4.69, 9.17) is 4.42 Å². The van der Waals surface area contributed by atoms with E-state index in [0.29, 0.717) is 34.3 Å². The topological polar surface area (TPSA) is 50.5 Å². The third-order valence-electron chi connectivity index (χ3n) is 5.99. The maximum Gasteiger partial charge on any atom is 0.258 e. The summed E-state index contributed by atoms with van der Waals surface area (Å²) in [5, 5.41) is 0.439. The van der Waals surface area contributed by atoms with Gasteiger partial charge in [-0.2, -0.15) is 0 Å². The van der Waals surface area contributed by atoms with E-state index in [1.165, 1.54) is 18.4 Å². The van der Waals surface area contributed by atoms with Crippen molar-refractivity contribution in [2.75, 3.05) is 11.4 Å². The van der Waals surface area contributed by atoms with Gasteiger partial charge in [0.05, 0.1) is 17.3 Å². The highest BCUT2D eigenvalue weighted by molar-refractivity contribution is 6.09. The van der Waals surface area contributed by atoms with Crippen molar-refractivity contribution in [2.24, 2.45) is 0 Å². The lowest BCUT2D eigenvalue weighted by Gasteiger charge is -2.25. The summed E-state index contributed by atoms with van der Waals surface area (Å²) >= 11 is 0. The summed E-state index contributed by atoms with van der Waals surface area (Å²) in [4.78, 5) is 26.8. The van der Waals surface area contributed by atoms with Crippen LogP contribution in [-0.2, 0) is 5.41 Å². The Kier molecular flexibility index (Phi) is 3.47. The zero-order chi connectivity index (χ0) is 18.6. The van der Waals surface area contributed by atoms with Crippen LogP contribution in [-0.4, -0.2) is 12.5 Å². The van der Waals surface area contributed by atoms with Crippen molar-refractivity contribution in [1.82, 2.24) is 0 Å². The van der Waals surface area contributed by atoms with Crippen LogP contribution in [0.5, 0.6) is 0 Å². The Morgan fingerprint density at radius 1 is 1.11 bits per heavy atom. The highest BCUT2D eigenvalue weighted by Gasteiger charge is 2.48. The van der Waals surface area contributed by atoms with Crippen molar-refractivity contribution in [1.29, 1.82) is 0 Å². The quantitative estimate of drug-likeness (QED) is 0.644. The highest BCUT2D eigenvalue weighted by atomic mass is 19.1. The SMILES string of the molecule is O=C(c1ccc2c(=O)ccoc2c1)N1CC2(CCCC2)c2c(F)cccc21. The van der Waals surface area contributed by atoms with Crippen LogP contribution in [0.4, 0.5) is 10.1 Å². The first-order valence-corrected chi connectivity index (χ1v) is 9.22. The number of anilines is 1. The van der Waals surface area contributed by atoms with Gasteiger partial charge in [-0.1, -0.05) is 18.9 Å². The summed E-state index contributed by atoms with van der Waals surface area (Å²) in [6.45, 7) is 0.499. The standard InChI is InChI=1S/C22H18FNO3/c23-16-4-3-5-17-20(16)22(9-1-2-10-22)13-24(17)21(26)14-6-7-15-18(25)8-11-27-19(15)12-14/h3-8,11-12H,1-2,9-10,13H2. The largest absolute Gasteiger partial charge is 0.464 e. The van der Waals surface area contributed by atoms with E-state index in [9.17, 15) is 14.0 Å². The highest BCUT2D eigenvalue weighted by Crippen LogP contribution is 2.51. The molecule has 0 bridgehead atoms. The Balaban J connectivity index is 1.60. The van der Waals surface area contributed by atoms with Gasteiger partial charge in [0.25, 0.3) is 5.91 Å². The van der Waals surface area contributed by atoms with Gasteiger partial charge in [-0.25, -0.2) is 4.39 Å². The molecule has 0 unspecified atom stereocenters. The van der Waals surface area contributed by atoms with E-state index in [2.05, 4.69) is 0 Å². The van der Waals surface area contributed by atoms with E-state index in [-0.39, 0.29) is 22.6 Å². The minimum Gasteiger partial charge on any atom is -0.464 e. The summed E-state index contributed by atoms with van der Waals surface area (Å²) in [6.07, 6.45) is 5.23. The fourth-order valence-corrected chi connectivity index (χ4v) is 4.74. The van der Waals surface area contributed by atoms with Crippen LogP contribution in [0.1, 0.15) is 41.6 Å². The molecular formula is C22H18FNO3. The first kappa shape index (κ1) is 16.2. The molecule has 0 saturated heterocycles. The molecule has 0 radical (unpaired) electrons. The van der Waals surface area contributed by atoms with E-state index in [0.717, 1.165) is 25.7 Å². The third-order valence-corrected chi connectivity index (χ3v) is 5.99. The summed E-state index contributed by atoms with van der Waals surface area (Å²) in [5.41, 5.74) is 1.73. The van der Waals surface area contributed by atoms with E-state index in [1.54, 1.807) is 29.2 Å². The Hall–Kier alpha value is -2.95. The van der Waals surface area contributed by atoms with E-state index in [1.807, 2.05) is 6.07 Å². The summed E-state index contributed by atoms with van der Waals surface area (Å²) in [6, 6.07) is 11.2. The lowest BCUT2D eigenvalue weighted by atomic mass is 9.80. The smallest absolute Gasteiger partial charge is 0.258 e. The lowest BCUT2D eigenvalue weighted by molar-refractivity contribution is 0.0985. The zero-order valence-corrected chi connectivity index (χ0v) is 14.7. The third kappa shape index (κ3) is 2.34. The fourth-order valence-electron chi connectivity index (χ4n) is 4.74. The molecule has 3 aromatic rings. The maximum atomic E-state index is 14.7. The molecule has 1 amide bonds. The number of rotatable bonds is 1. The minimum absolute atomic E-state index is 0.145. The minimum atomic E-state index is -0.278. The van der Waals surface area contributed by atoms with Crippen molar-refractivity contribution < 1.29 is 13.6 Å². The van der Waals surface area contributed by atoms with Gasteiger partial charge in [0.15, 0.2) is 5.43 Å². The molecular weight excluding hydrogens is 345 g/mol. The molecule has 5 rings (SSSR count). The molecule has 1 aliphatic heterocycles. The Morgan fingerprint density at radius 2 is 1.93 bits per heavy atom. The van der Waals surface area contributed by atoms with Gasteiger partial charge >= 0.3 is 0 Å². The van der Waals surface area contributed by atoms with E-state index < -0.39 is 0 Å². The first-order chi connectivity index (χ1) is 13.1. The molecule has 1 spiro atoms. The molecule has 4 nitrogen and oxygen atoms in total. The van der Waals surface area contributed by atoms with E-state index >= 15 is 0 Å². The number of nitrogens with zero attached hydrogens (tertiary/aromatic N) is 1. The number of amides is 1. The monoisotopic (exact) mass is 363 g/mol. The Bertz CT molecular complexity index is 1130. The second-order valence-electron chi connectivity index (χ2n) is 7.51. The van der Waals surface area contributed by atoms with Crippen LogP contribution in [0, 0.1) is 5.82 Å². The number of fused-ring (bicyclic) bond motifs is 3. The van der Waals surface area contributed by atoms with Crippen molar-refractivity contribution in [3.63, 3.8) is 0 Å². The molecule has 27 heavy (non-hydrogen) atoms. The molecule has 1 fully saturated rings. The van der Waals surface area contributed by atoms with Gasteiger partial charge in [0.2, 0.25) is 0 Å². The summed E-state index contributed by atoms with van der Waals surface area (Å²) in [7, 11) is 0. The first-order valence-electron chi connectivity index (χ1n) is 9.22. The molecule has 1 aromatic heterocycles. The second kappa shape index (κ2) is 5.78. The molecule has 2 aliphatic rings. The predicted molar refractivity (Wildman–Crippen MR) is 101 cm³/mol. The van der Waals surface area contributed by atoms with Crippen LogP contribution in [0.25, 0.3) is 11.0 Å². The zero-order valence-electron chi connectivity index (χ0n) is 14.7. The molecule has 2 heterocycles. The van der Waals surface area contributed by atoms with Crippen molar-refractivity contribution >= 4 is 22.6 Å².